The third-order valence-electron chi connectivity index (χ3n) is 2.06. The van der Waals surface area contributed by atoms with Crippen molar-refractivity contribution in [2.45, 2.75) is 5.92 Å². The number of carboxylic acids is 2. The highest BCUT2D eigenvalue weighted by Gasteiger charge is 2.34. The van der Waals surface area contributed by atoms with E-state index in [1.54, 1.807) is 0 Å². The second-order valence-electron chi connectivity index (χ2n) is 3.19. The average molecular weight is 278 g/mol. The van der Waals surface area contributed by atoms with Gasteiger partial charge in [0.2, 0.25) is 0 Å². The summed E-state index contributed by atoms with van der Waals surface area (Å²) in [4.78, 5) is 30.9. The van der Waals surface area contributed by atoms with E-state index in [0.29, 0.717) is 12.1 Å². The minimum absolute atomic E-state index is 0.417. The summed E-state index contributed by atoms with van der Waals surface area (Å²) in [5.41, 5.74) is -1.52. The zero-order chi connectivity index (χ0) is 14.0. The fraction of sp³-hybridized carbons (Fsp3) is 0.111. The van der Waals surface area contributed by atoms with E-state index in [1.807, 2.05) is 0 Å². The summed E-state index contributed by atoms with van der Waals surface area (Å²) in [6.07, 6.45) is 0. The molecular formula is C9H5ClFNO6. The Hall–Kier alpha value is -2.22. The van der Waals surface area contributed by atoms with Crippen molar-refractivity contribution in [2.24, 2.45) is 0 Å². The maximum absolute atomic E-state index is 13.5. The van der Waals surface area contributed by atoms with E-state index in [9.17, 15) is 24.1 Å². The Kier molecular flexibility index (Phi) is 3.82. The summed E-state index contributed by atoms with van der Waals surface area (Å²) in [5.74, 6) is -7.23. The van der Waals surface area contributed by atoms with Crippen molar-refractivity contribution in [1.82, 2.24) is 0 Å². The lowest BCUT2D eigenvalue weighted by Crippen LogP contribution is -2.22. The van der Waals surface area contributed by atoms with Gasteiger partial charge in [-0.05, 0) is 0 Å². The van der Waals surface area contributed by atoms with Gasteiger partial charge in [-0.1, -0.05) is 11.6 Å². The van der Waals surface area contributed by atoms with Crippen molar-refractivity contribution >= 4 is 29.2 Å². The summed E-state index contributed by atoms with van der Waals surface area (Å²) in [6.45, 7) is 0. The first-order valence-electron chi connectivity index (χ1n) is 4.34. The molecule has 0 heterocycles. The van der Waals surface area contributed by atoms with Crippen LogP contribution >= 0.6 is 11.6 Å². The van der Waals surface area contributed by atoms with Crippen LogP contribution in [0.1, 0.15) is 11.5 Å². The lowest BCUT2D eigenvalue weighted by atomic mass is 9.98. The number of non-ortho nitro benzene ring substituents is 1. The molecule has 0 aromatic heterocycles. The van der Waals surface area contributed by atoms with Gasteiger partial charge < -0.3 is 10.2 Å². The molecule has 0 amide bonds. The van der Waals surface area contributed by atoms with E-state index in [2.05, 4.69) is 0 Å². The summed E-state index contributed by atoms with van der Waals surface area (Å²) in [7, 11) is 0. The molecule has 0 bridgehead atoms. The molecule has 0 aliphatic carbocycles. The summed E-state index contributed by atoms with van der Waals surface area (Å²) >= 11 is 5.49. The predicted molar refractivity (Wildman–Crippen MR) is 56.1 cm³/mol. The molecule has 9 heteroatoms. The van der Waals surface area contributed by atoms with Crippen molar-refractivity contribution in [3.63, 3.8) is 0 Å². The summed E-state index contributed by atoms with van der Waals surface area (Å²) in [5, 5.41) is 27.1. The lowest BCUT2D eigenvalue weighted by molar-refractivity contribution is -0.385. The number of aliphatic carboxylic acids is 2. The molecule has 2 N–H and O–H groups in total. The van der Waals surface area contributed by atoms with Crippen LogP contribution in [-0.4, -0.2) is 27.1 Å². The number of nitro groups is 1. The van der Waals surface area contributed by atoms with Crippen LogP contribution in [0.25, 0.3) is 0 Å². The fourth-order valence-electron chi connectivity index (χ4n) is 1.30. The van der Waals surface area contributed by atoms with Gasteiger partial charge in [0, 0.05) is 11.6 Å². The molecule has 0 radical (unpaired) electrons. The second kappa shape index (κ2) is 4.96. The van der Waals surface area contributed by atoms with E-state index >= 15 is 0 Å². The molecule has 0 saturated heterocycles. The Balaban J connectivity index is 3.46. The Morgan fingerprint density at radius 3 is 2.17 bits per heavy atom. The van der Waals surface area contributed by atoms with Crippen molar-refractivity contribution < 1.29 is 29.1 Å². The Bertz CT molecular complexity index is 509. The van der Waals surface area contributed by atoms with Crippen molar-refractivity contribution in [2.75, 3.05) is 0 Å². The maximum Gasteiger partial charge on any atom is 0.322 e. The van der Waals surface area contributed by atoms with Crippen molar-refractivity contribution in [3.8, 4) is 0 Å². The molecule has 18 heavy (non-hydrogen) atoms. The summed E-state index contributed by atoms with van der Waals surface area (Å²) < 4.78 is 13.5. The molecular weight excluding hydrogens is 273 g/mol. The van der Waals surface area contributed by atoms with E-state index in [0.717, 1.165) is 0 Å². The molecule has 0 spiro atoms. The maximum atomic E-state index is 13.5. The first-order chi connectivity index (χ1) is 8.25. The average Bonchev–Trinajstić information content (AvgIpc) is 2.21. The summed E-state index contributed by atoms with van der Waals surface area (Å²) in [6, 6.07) is 1.11. The third kappa shape index (κ3) is 2.54. The van der Waals surface area contributed by atoms with Gasteiger partial charge in [0.25, 0.3) is 5.69 Å². The van der Waals surface area contributed by atoms with Gasteiger partial charge in [0.05, 0.1) is 16.0 Å². The predicted octanol–water partition coefficient (Wildman–Crippen LogP) is 1.64. The van der Waals surface area contributed by atoms with Crippen LogP contribution in [-0.2, 0) is 9.59 Å². The second-order valence-corrected chi connectivity index (χ2v) is 3.60. The van der Waals surface area contributed by atoms with Gasteiger partial charge in [-0.25, -0.2) is 4.39 Å². The zero-order valence-corrected chi connectivity index (χ0v) is 9.22. The van der Waals surface area contributed by atoms with Crippen LogP contribution < -0.4 is 0 Å². The SMILES string of the molecule is O=C(O)C(C(=O)O)c1c(F)cc([N+](=O)[O-])cc1Cl. The van der Waals surface area contributed by atoms with Crippen molar-refractivity contribution in [3.05, 3.63) is 38.7 Å². The minimum Gasteiger partial charge on any atom is -0.480 e. The van der Waals surface area contributed by atoms with E-state index < -0.39 is 44.9 Å². The molecule has 0 fully saturated rings. The topological polar surface area (TPSA) is 118 Å². The first kappa shape index (κ1) is 13.8. The first-order valence-corrected chi connectivity index (χ1v) is 4.72. The standard InChI is InChI=1S/C9H5ClFNO6/c10-4-1-3(12(17)18)2-5(11)6(4)7(8(13)14)9(15)16/h1-2,7H,(H,13,14)(H,15,16). The van der Waals surface area contributed by atoms with Gasteiger partial charge in [0.15, 0.2) is 5.92 Å². The number of nitrogens with zero attached hydrogens (tertiary/aromatic N) is 1. The van der Waals surface area contributed by atoms with E-state index in [1.165, 1.54) is 0 Å². The van der Waals surface area contributed by atoms with Gasteiger partial charge in [-0.3, -0.25) is 19.7 Å². The molecule has 96 valence electrons. The largest absolute Gasteiger partial charge is 0.480 e. The molecule has 0 saturated carbocycles. The number of rotatable bonds is 4. The van der Waals surface area contributed by atoms with Crippen molar-refractivity contribution in [1.29, 1.82) is 0 Å². The van der Waals surface area contributed by atoms with Crippen LogP contribution in [0.3, 0.4) is 0 Å². The molecule has 0 unspecified atom stereocenters. The normalized spacial score (nSPS) is 10.4. The van der Waals surface area contributed by atoms with Crippen LogP contribution in [0.5, 0.6) is 0 Å². The number of halogens is 2. The van der Waals surface area contributed by atoms with Crippen LogP contribution in [0.4, 0.5) is 10.1 Å². The minimum atomic E-state index is -2.22. The van der Waals surface area contributed by atoms with Gasteiger partial charge in [-0.15, -0.1) is 0 Å². The van der Waals surface area contributed by atoms with E-state index in [4.69, 9.17) is 21.8 Å². The molecule has 1 aromatic rings. The lowest BCUT2D eigenvalue weighted by Gasteiger charge is -2.10. The molecule has 0 atom stereocenters. The van der Waals surface area contributed by atoms with Crippen LogP contribution in [0.2, 0.25) is 5.02 Å². The number of benzene rings is 1. The zero-order valence-electron chi connectivity index (χ0n) is 8.46. The van der Waals surface area contributed by atoms with Gasteiger partial charge in [-0.2, -0.15) is 0 Å². The van der Waals surface area contributed by atoms with Gasteiger partial charge >= 0.3 is 11.9 Å². The van der Waals surface area contributed by atoms with E-state index in [-0.39, 0.29) is 0 Å². The quantitative estimate of drug-likeness (QED) is 0.491. The Morgan fingerprint density at radius 2 is 1.83 bits per heavy atom. The fourth-order valence-corrected chi connectivity index (χ4v) is 1.62. The van der Waals surface area contributed by atoms with Crippen LogP contribution in [0, 0.1) is 15.9 Å². The highest BCUT2D eigenvalue weighted by Crippen LogP contribution is 2.31. The number of hydrogen-bond donors (Lipinski definition) is 2. The Labute approximate surface area is 104 Å². The molecule has 1 rings (SSSR count). The molecule has 1 aromatic carbocycles. The highest BCUT2D eigenvalue weighted by molar-refractivity contribution is 6.32. The number of carboxylic acid groups (broad SMARTS) is 2. The number of nitro benzene ring substituents is 1. The van der Waals surface area contributed by atoms with Crippen LogP contribution in [0.15, 0.2) is 12.1 Å². The molecule has 0 aliphatic rings. The highest BCUT2D eigenvalue weighted by atomic mass is 35.5. The smallest absolute Gasteiger partial charge is 0.322 e. The molecule has 0 aliphatic heterocycles. The van der Waals surface area contributed by atoms with Gasteiger partial charge in [0.1, 0.15) is 5.82 Å². The molecule has 7 nitrogen and oxygen atoms in total. The number of hydrogen-bond acceptors (Lipinski definition) is 4. The number of carbonyl (C=O) groups is 2. The monoisotopic (exact) mass is 277 g/mol. The third-order valence-corrected chi connectivity index (χ3v) is 2.37. The Morgan fingerprint density at radius 1 is 1.33 bits per heavy atom.